The molecule has 1 N–H and O–H groups in total. The number of ether oxygens (including phenoxy) is 1. The summed E-state index contributed by atoms with van der Waals surface area (Å²) < 4.78 is 5.83. The molecule has 108 valence electrons. The second-order valence-corrected chi connectivity index (χ2v) is 6.44. The predicted molar refractivity (Wildman–Crippen MR) is 78.9 cm³/mol. The molecule has 0 spiro atoms. The van der Waals surface area contributed by atoms with Gasteiger partial charge in [-0.05, 0) is 38.6 Å². The van der Waals surface area contributed by atoms with Crippen LogP contribution in [-0.4, -0.2) is 25.3 Å². The van der Waals surface area contributed by atoms with E-state index in [-0.39, 0.29) is 0 Å². The lowest BCUT2D eigenvalue weighted by atomic mass is 9.61. The first-order valence-electron chi connectivity index (χ1n) is 7.89. The molecule has 18 heavy (non-hydrogen) atoms. The number of hydrogen-bond donors (Lipinski definition) is 1. The Labute approximate surface area is 114 Å². The van der Waals surface area contributed by atoms with Gasteiger partial charge in [-0.15, -0.1) is 0 Å². The van der Waals surface area contributed by atoms with Crippen LogP contribution in [-0.2, 0) is 4.74 Å². The minimum Gasteiger partial charge on any atom is -0.378 e. The Morgan fingerprint density at radius 3 is 2.56 bits per heavy atom. The van der Waals surface area contributed by atoms with Crippen LogP contribution in [0.4, 0.5) is 0 Å². The molecular formula is C16H33NO. The Bertz CT molecular complexity index is 229. The van der Waals surface area contributed by atoms with E-state index in [4.69, 9.17) is 4.74 Å². The summed E-state index contributed by atoms with van der Waals surface area (Å²) in [5.41, 5.74) is 0.355. The van der Waals surface area contributed by atoms with Crippen molar-refractivity contribution in [2.75, 3.05) is 13.2 Å². The van der Waals surface area contributed by atoms with Crippen molar-refractivity contribution in [1.29, 1.82) is 0 Å². The van der Waals surface area contributed by atoms with Gasteiger partial charge in [-0.3, -0.25) is 0 Å². The quantitative estimate of drug-likeness (QED) is 0.629. The van der Waals surface area contributed by atoms with Crippen molar-refractivity contribution in [1.82, 2.24) is 5.32 Å². The standard InChI is InChI=1S/C16H33NO/c1-6-16(5)14(12-15(16)18-7-2)17-11-9-8-10-13(3)4/h13-15,17H,6-12H2,1-5H3. The lowest BCUT2D eigenvalue weighted by Crippen LogP contribution is -2.62. The average molecular weight is 255 g/mol. The molecule has 3 atom stereocenters. The zero-order valence-electron chi connectivity index (χ0n) is 13.1. The molecule has 1 saturated carbocycles. The van der Waals surface area contributed by atoms with Crippen LogP contribution < -0.4 is 5.32 Å². The fourth-order valence-corrected chi connectivity index (χ4v) is 3.02. The third-order valence-corrected chi connectivity index (χ3v) is 4.71. The molecule has 3 unspecified atom stereocenters. The van der Waals surface area contributed by atoms with Crippen LogP contribution in [0.15, 0.2) is 0 Å². The number of rotatable bonds is 9. The average Bonchev–Trinajstić information content (AvgIpc) is 2.34. The van der Waals surface area contributed by atoms with Gasteiger partial charge in [0.05, 0.1) is 6.10 Å². The highest BCUT2D eigenvalue weighted by molar-refractivity contribution is 5.04. The molecule has 0 heterocycles. The Balaban J connectivity index is 2.19. The van der Waals surface area contributed by atoms with Gasteiger partial charge < -0.3 is 10.1 Å². The second-order valence-electron chi connectivity index (χ2n) is 6.44. The molecule has 0 bridgehead atoms. The van der Waals surface area contributed by atoms with E-state index in [0.29, 0.717) is 17.6 Å². The van der Waals surface area contributed by atoms with Crippen LogP contribution in [0.2, 0.25) is 0 Å². The van der Waals surface area contributed by atoms with Gasteiger partial charge >= 0.3 is 0 Å². The summed E-state index contributed by atoms with van der Waals surface area (Å²) in [6.45, 7) is 13.4. The molecule has 1 aliphatic carbocycles. The first kappa shape index (κ1) is 16.0. The Morgan fingerprint density at radius 1 is 1.28 bits per heavy atom. The zero-order chi connectivity index (χ0) is 13.6. The minimum absolute atomic E-state index is 0.355. The fourth-order valence-electron chi connectivity index (χ4n) is 3.02. The van der Waals surface area contributed by atoms with E-state index >= 15 is 0 Å². The van der Waals surface area contributed by atoms with Crippen molar-refractivity contribution in [3.8, 4) is 0 Å². The minimum atomic E-state index is 0.355. The molecule has 0 aliphatic heterocycles. The molecule has 0 aromatic carbocycles. The molecule has 1 aliphatic rings. The summed E-state index contributed by atoms with van der Waals surface area (Å²) in [4.78, 5) is 0. The maximum absolute atomic E-state index is 5.83. The Hall–Kier alpha value is -0.0800. The van der Waals surface area contributed by atoms with E-state index in [2.05, 4.69) is 39.9 Å². The summed E-state index contributed by atoms with van der Waals surface area (Å²) in [6.07, 6.45) is 6.91. The van der Waals surface area contributed by atoms with Crippen molar-refractivity contribution >= 4 is 0 Å². The third-order valence-electron chi connectivity index (χ3n) is 4.71. The molecule has 2 heteroatoms. The van der Waals surface area contributed by atoms with Crippen LogP contribution >= 0.6 is 0 Å². The molecule has 0 amide bonds. The van der Waals surface area contributed by atoms with Crippen LogP contribution in [0, 0.1) is 11.3 Å². The van der Waals surface area contributed by atoms with E-state index in [1.54, 1.807) is 0 Å². The lowest BCUT2D eigenvalue weighted by Gasteiger charge is -2.53. The van der Waals surface area contributed by atoms with Crippen molar-refractivity contribution in [3.05, 3.63) is 0 Å². The topological polar surface area (TPSA) is 21.3 Å². The summed E-state index contributed by atoms with van der Waals surface area (Å²) >= 11 is 0. The highest BCUT2D eigenvalue weighted by Crippen LogP contribution is 2.45. The molecule has 0 radical (unpaired) electrons. The van der Waals surface area contributed by atoms with Crippen LogP contribution in [0.1, 0.15) is 66.7 Å². The van der Waals surface area contributed by atoms with Crippen molar-refractivity contribution < 1.29 is 4.74 Å². The van der Waals surface area contributed by atoms with Gasteiger partial charge in [0, 0.05) is 18.1 Å². The maximum Gasteiger partial charge on any atom is 0.0658 e. The van der Waals surface area contributed by atoms with Crippen molar-refractivity contribution in [2.45, 2.75) is 78.9 Å². The lowest BCUT2D eigenvalue weighted by molar-refractivity contribution is -0.125. The molecular weight excluding hydrogens is 222 g/mol. The highest BCUT2D eigenvalue weighted by Gasteiger charge is 2.50. The van der Waals surface area contributed by atoms with Gasteiger partial charge in [0.1, 0.15) is 0 Å². The van der Waals surface area contributed by atoms with Gasteiger partial charge in [-0.25, -0.2) is 0 Å². The van der Waals surface area contributed by atoms with Crippen LogP contribution in [0.3, 0.4) is 0 Å². The first-order valence-corrected chi connectivity index (χ1v) is 7.89. The van der Waals surface area contributed by atoms with E-state index < -0.39 is 0 Å². The fraction of sp³-hybridized carbons (Fsp3) is 1.00. The van der Waals surface area contributed by atoms with E-state index in [1.165, 1.54) is 38.6 Å². The van der Waals surface area contributed by atoms with Crippen molar-refractivity contribution in [3.63, 3.8) is 0 Å². The normalized spacial score (nSPS) is 31.7. The summed E-state index contributed by atoms with van der Waals surface area (Å²) in [6, 6.07) is 0.665. The summed E-state index contributed by atoms with van der Waals surface area (Å²) in [7, 11) is 0. The summed E-state index contributed by atoms with van der Waals surface area (Å²) in [5, 5.41) is 3.74. The molecule has 1 rings (SSSR count). The smallest absolute Gasteiger partial charge is 0.0658 e. The zero-order valence-corrected chi connectivity index (χ0v) is 13.1. The predicted octanol–water partition coefficient (Wildman–Crippen LogP) is 4.00. The second kappa shape index (κ2) is 7.49. The Morgan fingerprint density at radius 2 is 2.00 bits per heavy atom. The summed E-state index contributed by atoms with van der Waals surface area (Å²) in [5.74, 6) is 0.844. The highest BCUT2D eigenvalue weighted by atomic mass is 16.5. The van der Waals surface area contributed by atoms with Gasteiger partial charge in [0.25, 0.3) is 0 Å². The van der Waals surface area contributed by atoms with E-state index in [1.807, 2.05) is 0 Å². The molecule has 2 nitrogen and oxygen atoms in total. The third kappa shape index (κ3) is 3.96. The van der Waals surface area contributed by atoms with Gasteiger partial charge in [-0.2, -0.15) is 0 Å². The monoisotopic (exact) mass is 255 g/mol. The number of hydrogen-bond acceptors (Lipinski definition) is 2. The van der Waals surface area contributed by atoms with Gasteiger partial charge in [0.15, 0.2) is 0 Å². The number of unbranched alkanes of at least 4 members (excludes halogenated alkanes) is 1. The molecule has 0 saturated heterocycles. The SMILES string of the molecule is CCOC1CC(NCCCCC(C)C)C1(C)CC. The number of nitrogens with one attached hydrogen (secondary N) is 1. The maximum atomic E-state index is 5.83. The van der Waals surface area contributed by atoms with Gasteiger partial charge in [0.2, 0.25) is 0 Å². The molecule has 0 aromatic rings. The molecule has 0 aromatic heterocycles. The first-order chi connectivity index (χ1) is 8.54. The van der Waals surface area contributed by atoms with Crippen LogP contribution in [0.5, 0.6) is 0 Å². The van der Waals surface area contributed by atoms with E-state index in [9.17, 15) is 0 Å². The van der Waals surface area contributed by atoms with Gasteiger partial charge in [-0.1, -0.05) is 40.5 Å². The Kier molecular flexibility index (Phi) is 6.65. The largest absolute Gasteiger partial charge is 0.378 e. The van der Waals surface area contributed by atoms with Crippen LogP contribution in [0.25, 0.3) is 0 Å². The van der Waals surface area contributed by atoms with E-state index in [0.717, 1.165) is 12.5 Å². The van der Waals surface area contributed by atoms with Crippen molar-refractivity contribution in [2.24, 2.45) is 11.3 Å². The molecule has 1 fully saturated rings.